The molecule has 1 heterocycles. The van der Waals surface area contributed by atoms with Gasteiger partial charge in [0.15, 0.2) is 11.6 Å². The molecule has 8 heteroatoms. The van der Waals surface area contributed by atoms with Crippen LogP contribution in [0, 0.1) is 11.6 Å². The Bertz CT molecular complexity index is 829. The van der Waals surface area contributed by atoms with Gasteiger partial charge in [0.05, 0.1) is 36.2 Å². The molecule has 2 aromatic carbocycles. The van der Waals surface area contributed by atoms with E-state index in [0.717, 1.165) is 17.8 Å². The summed E-state index contributed by atoms with van der Waals surface area (Å²) in [6, 6.07) is 8.48. The van der Waals surface area contributed by atoms with E-state index in [1.165, 1.54) is 6.07 Å². The van der Waals surface area contributed by atoms with Crippen molar-refractivity contribution < 1.29 is 23.0 Å². The monoisotopic (exact) mass is 410 g/mol. The summed E-state index contributed by atoms with van der Waals surface area (Å²) in [5.41, 5.74) is 1.43. The van der Waals surface area contributed by atoms with Gasteiger partial charge in [-0.2, -0.15) is 0 Å². The molecule has 0 radical (unpaired) electrons. The molecular weight excluding hydrogens is 390 g/mol. The Labute approximate surface area is 167 Å². The third-order valence-corrected chi connectivity index (χ3v) is 4.59. The van der Waals surface area contributed by atoms with Crippen LogP contribution in [0.4, 0.5) is 20.2 Å². The Morgan fingerprint density at radius 1 is 1.21 bits per heavy atom. The van der Waals surface area contributed by atoms with Gasteiger partial charge in [0.1, 0.15) is 5.82 Å². The second-order valence-electron chi connectivity index (χ2n) is 6.31. The number of nitrogens with zero attached hydrogens (tertiary/aromatic N) is 1. The van der Waals surface area contributed by atoms with E-state index >= 15 is 0 Å². The van der Waals surface area contributed by atoms with Crippen LogP contribution in [0.5, 0.6) is 5.75 Å². The number of para-hydroxylation sites is 1. The number of nitrogens with one attached hydrogen (secondary N) is 1. The maximum absolute atomic E-state index is 13.5. The number of carbonyl (C=O) groups is 1. The van der Waals surface area contributed by atoms with Crippen LogP contribution < -0.4 is 15.0 Å². The number of carbonyl (C=O) groups excluding carboxylic acids is 1. The summed E-state index contributed by atoms with van der Waals surface area (Å²) in [5, 5.41) is 3.45. The molecule has 0 atom stereocenters. The van der Waals surface area contributed by atoms with Gasteiger partial charge >= 0.3 is 0 Å². The number of halogens is 3. The van der Waals surface area contributed by atoms with Crippen molar-refractivity contribution in [2.75, 3.05) is 43.1 Å². The molecule has 2 aromatic rings. The third-order valence-electron chi connectivity index (χ3n) is 4.29. The van der Waals surface area contributed by atoms with Crippen molar-refractivity contribution in [3.63, 3.8) is 0 Å². The Kier molecular flexibility index (Phi) is 7.06. The molecule has 3 rings (SSSR count). The summed E-state index contributed by atoms with van der Waals surface area (Å²) in [7, 11) is 0. The number of amides is 1. The zero-order valence-corrected chi connectivity index (χ0v) is 16.0. The van der Waals surface area contributed by atoms with Crippen molar-refractivity contribution in [1.29, 1.82) is 0 Å². The minimum Gasteiger partial charge on any atom is -0.491 e. The Hall–Kier alpha value is -2.38. The number of rotatable bonds is 7. The summed E-state index contributed by atoms with van der Waals surface area (Å²) in [6.07, 6.45) is 0.577. The molecule has 1 amide bonds. The molecule has 5 nitrogen and oxygen atoms in total. The fraction of sp³-hybridized carbons (Fsp3) is 0.350. The lowest BCUT2D eigenvalue weighted by atomic mass is 10.2. The first-order valence-electron chi connectivity index (χ1n) is 9.03. The predicted molar refractivity (Wildman–Crippen MR) is 104 cm³/mol. The lowest BCUT2D eigenvalue weighted by Gasteiger charge is -2.31. The molecule has 1 N–H and O–H groups in total. The van der Waals surface area contributed by atoms with Crippen LogP contribution in [-0.4, -0.2) is 38.8 Å². The van der Waals surface area contributed by atoms with Gasteiger partial charge in [-0.25, -0.2) is 8.78 Å². The summed E-state index contributed by atoms with van der Waals surface area (Å²) >= 11 is 6.35. The first-order chi connectivity index (χ1) is 13.5. The summed E-state index contributed by atoms with van der Waals surface area (Å²) in [5.74, 6) is -1.66. The highest BCUT2D eigenvalue weighted by molar-refractivity contribution is 6.34. The Morgan fingerprint density at radius 3 is 2.75 bits per heavy atom. The standard InChI is InChI=1S/C20H21ClF2N2O3/c21-15-3-1-4-17(20(15)25-8-11-27-12-9-25)24-19(26)5-2-10-28-18-7-6-14(22)13-16(18)23/h1,3-4,6-7,13H,2,5,8-12H2,(H,24,26). The Balaban J connectivity index is 1.53. The summed E-state index contributed by atoms with van der Waals surface area (Å²) in [6.45, 7) is 2.75. The van der Waals surface area contributed by atoms with Crippen molar-refractivity contribution in [3.05, 3.63) is 53.1 Å². The molecule has 1 saturated heterocycles. The third kappa shape index (κ3) is 5.33. The SMILES string of the molecule is O=C(CCCOc1ccc(F)cc1F)Nc1cccc(Cl)c1N1CCOCC1. The topological polar surface area (TPSA) is 50.8 Å². The van der Waals surface area contributed by atoms with Crippen molar-refractivity contribution in [1.82, 2.24) is 0 Å². The first-order valence-corrected chi connectivity index (χ1v) is 9.41. The number of hydrogen-bond acceptors (Lipinski definition) is 4. The van der Waals surface area contributed by atoms with Gasteiger partial charge in [-0.15, -0.1) is 0 Å². The highest BCUT2D eigenvalue weighted by atomic mass is 35.5. The van der Waals surface area contributed by atoms with E-state index in [1.807, 2.05) is 0 Å². The number of anilines is 2. The van der Waals surface area contributed by atoms with Gasteiger partial charge < -0.3 is 19.7 Å². The zero-order valence-electron chi connectivity index (χ0n) is 15.2. The summed E-state index contributed by atoms with van der Waals surface area (Å²) in [4.78, 5) is 14.4. The molecule has 28 heavy (non-hydrogen) atoms. The van der Waals surface area contributed by atoms with Gasteiger partial charge in [-0.1, -0.05) is 17.7 Å². The minimum absolute atomic E-state index is 0.0359. The average Bonchev–Trinajstić information content (AvgIpc) is 2.67. The predicted octanol–water partition coefficient (Wildman–Crippen LogP) is 4.25. The van der Waals surface area contributed by atoms with E-state index in [4.69, 9.17) is 21.1 Å². The highest BCUT2D eigenvalue weighted by Crippen LogP contribution is 2.34. The number of morpholine rings is 1. The van der Waals surface area contributed by atoms with Gasteiger partial charge in [-0.05, 0) is 30.7 Å². The lowest BCUT2D eigenvalue weighted by Crippen LogP contribution is -2.37. The number of benzene rings is 2. The molecule has 150 valence electrons. The molecule has 1 aliphatic rings. The van der Waals surface area contributed by atoms with Crippen molar-refractivity contribution >= 4 is 28.9 Å². The molecule has 0 aliphatic carbocycles. The van der Waals surface area contributed by atoms with Crippen LogP contribution >= 0.6 is 11.6 Å². The maximum atomic E-state index is 13.5. The van der Waals surface area contributed by atoms with E-state index in [2.05, 4.69) is 10.2 Å². The average molecular weight is 411 g/mol. The maximum Gasteiger partial charge on any atom is 0.224 e. The fourth-order valence-corrected chi connectivity index (χ4v) is 3.24. The number of hydrogen-bond donors (Lipinski definition) is 1. The fourth-order valence-electron chi connectivity index (χ4n) is 2.94. The van der Waals surface area contributed by atoms with E-state index in [-0.39, 0.29) is 24.7 Å². The van der Waals surface area contributed by atoms with Crippen molar-refractivity contribution in [3.8, 4) is 5.75 Å². The van der Waals surface area contributed by atoms with Crippen LogP contribution in [-0.2, 0) is 9.53 Å². The smallest absolute Gasteiger partial charge is 0.224 e. The van der Waals surface area contributed by atoms with Crippen LogP contribution in [0.15, 0.2) is 36.4 Å². The molecule has 0 aromatic heterocycles. The van der Waals surface area contributed by atoms with Gasteiger partial charge in [0.2, 0.25) is 5.91 Å². The van der Waals surface area contributed by atoms with E-state index in [9.17, 15) is 13.6 Å². The van der Waals surface area contributed by atoms with E-state index in [0.29, 0.717) is 43.4 Å². The zero-order chi connectivity index (χ0) is 19.9. The van der Waals surface area contributed by atoms with Crippen LogP contribution in [0.1, 0.15) is 12.8 Å². The molecule has 1 fully saturated rings. The van der Waals surface area contributed by atoms with Gasteiger partial charge in [-0.3, -0.25) is 4.79 Å². The number of ether oxygens (including phenoxy) is 2. The molecule has 0 spiro atoms. The van der Waals surface area contributed by atoms with Crippen molar-refractivity contribution in [2.45, 2.75) is 12.8 Å². The molecule has 0 bridgehead atoms. The second kappa shape index (κ2) is 9.71. The van der Waals surface area contributed by atoms with Gasteiger partial charge in [0, 0.05) is 25.6 Å². The van der Waals surface area contributed by atoms with E-state index < -0.39 is 11.6 Å². The van der Waals surface area contributed by atoms with Gasteiger partial charge in [0.25, 0.3) is 0 Å². The highest BCUT2D eigenvalue weighted by Gasteiger charge is 2.19. The van der Waals surface area contributed by atoms with Crippen LogP contribution in [0.25, 0.3) is 0 Å². The quantitative estimate of drug-likeness (QED) is 0.693. The summed E-state index contributed by atoms with van der Waals surface area (Å²) < 4.78 is 37.0. The van der Waals surface area contributed by atoms with E-state index in [1.54, 1.807) is 18.2 Å². The molecular formula is C20H21ClF2N2O3. The van der Waals surface area contributed by atoms with Crippen LogP contribution in [0.3, 0.4) is 0 Å². The second-order valence-corrected chi connectivity index (χ2v) is 6.72. The van der Waals surface area contributed by atoms with Crippen LogP contribution in [0.2, 0.25) is 5.02 Å². The molecule has 0 unspecified atom stereocenters. The van der Waals surface area contributed by atoms with Crippen molar-refractivity contribution in [2.24, 2.45) is 0 Å². The lowest BCUT2D eigenvalue weighted by molar-refractivity contribution is -0.116. The molecule has 0 saturated carbocycles. The molecule has 1 aliphatic heterocycles. The normalized spacial score (nSPS) is 14.0. The Morgan fingerprint density at radius 2 is 2.00 bits per heavy atom. The first kappa shape index (κ1) is 20.4. The minimum atomic E-state index is -0.765. The largest absolute Gasteiger partial charge is 0.491 e.